The van der Waals surface area contributed by atoms with Crippen LogP contribution >= 0.6 is 19.5 Å². The van der Waals surface area contributed by atoms with Crippen molar-refractivity contribution in [3.8, 4) is 5.75 Å². The van der Waals surface area contributed by atoms with Crippen LogP contribution in [-0.4, -0.2) is 84.8 Å². The van der Waals surface area contributed by atoms with E-state index in [9.17, 15) is 19.6 Å². The van der Waals surface area contributed by atoms with Gasteiger partial charge in [0.2, 0.25) is 0 Å². The summed E-state index contributed by atoms with van der Waals surface area (Å²) < 4.78 is 38.1. The summed E-state index contributed by atoms with van der Waals surface area (Å²) in [6.07, 6.45) is -0.659. The van der Waals surface area contributed by atoms with Crippen LogP contribution in [0.1, 0.15) is 26.5 Å². The van der Waals surface area contributed by atoms with Gasteiger partial charge in [0.05, 0.1) is 19.0 Å². The number of imidazole rings is 1. The van der Waals surface area contributed by atoms with E-state index in [-0.39, 0.29) is 17.7 Å². The van der Waals surface area contributed by atoms with E-state index >= 15 is 0 Å². The third kappa shape index (κ3) is 7.10. The Morgan fingerprint density at radius 2 is 1.98 bits per heavy atom. The summed E-state index contributed by atoms with van der Waals surface area (Å²) in [6.45, 7) is 2.97. The number of ether oxygens (including phenoxy) is 2. The number of carbonyl (C=O) groups is 1. The Morgan fingerprint density at radius 3 is 2.67 bits per heavy atom. The first-order valence-electron chi connectivity index (χ1n) is 12.5. The highest BCUT2D eigenvalue weighted by atomic mass is 32.2. The van der Waals surface area contributed by atoms with E-state index in [0.29, 0.717) is 23.3 Å². The summed E-state index contributed by atoms with van der Waals surface area (Å²) in [5, 5.41) is 24.2. The van der Waals surface area contributed by atoms with Crippen LogP contribution < -0.4 is 15.3 Å². The lowest BCUT2D eigenvalue weighted by molar-refractivity contribution is -0.149. The van der Waals surface area contributed by atoms with Gasteiger partial charge < -0.3 is 29.9 Å². The van der Waals surface area contributed by atoms with Crippen molar-refractivity contribution in [1.29, 1.82) is 0 Å². The first kappa shape index (κ1) is 30.2. The summed E-state index contributed by atoms with van der Waals surface area (Å²) in [5.74, 6) is 0.341. The molecule has 1 aliphatic heterocycles. The fourth-order valence-electron chi connectivity index (χ4n) is 4.01. The highest BCUT2D eigenvalue weighted by molar-refractivity contribution is 7.98. The zero-order valence-corrected chi connectivity index (χ0v) is 23.9. The minimum atomic E-state index is -4.25. The number of fused-ring (bicyclic) bond motifs is 1. The Kier molecular flexibility index (Phi) is 10.0. The summed E-state index contributed by atoms with van der Waals surface area (Å²) in [6, 6.07) is 7.30. The Bertz CT molecular complexity index is 1330. The molecule has 5 N–H and O–H groups in total. The number of rotatable bonds is 13. The molecule has 0 saturated carbocycles. The second kappa shape index (κ2) is 13.3. The average Bonchev–Trinajstić information content (AvgIpc) is 3.47. The van der Waals surface area contributed by atoms with E-state index in [0.717, 1.165) is 0 Å². The second-order valence-corrected chi connectivity index (χ2v) is 12.0. The summed E-state index contributed by atoms with van der Waals surface area (Å²) in [5.41, 5.74) is 6.45. The molecule has 0 radical (unpaired) electrons. The third-order valence-electron chi connectivity index (χ3n) is 5.94. The Balaban J connectivity index is 1.53. The maximum absolute atomic E-state index is 14.0. The SMILES string of the molecule is CSCC[C@H](N[P@](=O)(OC[C@H]1O[C@@H](n2cnc3c(N)ncnc32)[C@@H](O)[C@@H]1O)Oc1ccccc1)C(=O)OC(C)C. The van der Waals surface area contributed by atoms with Gasteiger partial charge in [-0.3, -0.25) is 13.9 Å². The van der Waals surface area contributed by atoms with E-state index in [1.54, 1.807) is 44.2 Å². The molecule has 1 fully saturated rings. The van der Waals surface area contributed by atoms with Gasteiger partial charge in [-0.1, -0.05) is 18.2 Å². The lowest BCUT2D eigenvalue weighted by atomic mass is 10.1. The van der Waals surface area contributed by atoms with Crippen molar-refractivity contribution in [3.05, 3.63) is 43.0 Å². The molecule has 40 heavy (non-hydrogen) atoms. The molecular formula is C24H33N6O8PS. The number of aliphatic hydroxyl groups excluding tert-OH is 2. The number of benzene rings is 1. The Labute approximate surface area is 235 Å². The smallest absolute Gasteiger partial charge is 0.459 e. The second-order valence-electron chi connectivity index (χ2n) is 9.28. The van der Waals surface area contributed by atoms with Gasteiger partial charge in [-0.2, -0.15) is 16.8 Å². The number of hydrogen-bond acceptors (Lipinski definition) is 13. The van der Waals surface area contributed by atoms with Crippen molar-refractivity contribution in [2.45, 2.75) is 57.0 Å². The number of esters is 1. The topological polar surface area (TPSA) is 193 Å². The molecule has 3 aromatic rings. The number of thioether (sulfide) groups is 1. The van der Waals surface area contributed by atoms with Crippen LogP contribution in [0.3, 0.4) is 0 Å². The average molecular weight is 597 g/mol. The fraction of sp³-hybridized carbons (Fsp3) is 0.500. The number of aliphatic hydroxyl groups is 2. The number of aromatic nitrogens is 4. The van der Waals surface area contributed by atoms with Crippen LogP contribution in [0, 0.1) is 0 Å². The van der Waals surface area contributed by atoms with Gasteiger partial charge in [-0.15, -0.1) is 0 Å². The predicted molar refractivity (Wildman–Crippen MR) is 147 cm³/mol. The number of nitrogens with zero attached hydrogens (tertiary/aromatic N) is 4. The standard InChI is InChI=1S/C24H33N6O8PS/c1-14(2)36-24(33)16(9-10-40-3)29-39(34,38-15-7-5-4-6-8-15)35-11-17-19(31)20(32)23(37-17)30-13-28-18-21(25)26-12-27-22(18)30/h4-8,12-14,16-17,19-20,23,31-32H,9-11H2,1-3H3,(H,29,34)(H2,25,26,27)/t16-,17+,19+,20-,23+,39-/m0/s1. The first-order chi connectivity index (χ1) is 19.1. The number of nitrogens with two attached hydrogens (primary N) is 1. The molecule has 1 aliphatic rings. The molecule has 0 aliphatic carbocycles. The fourth-order valence-corrected chi connectivity index (χ4v) is 6.02. The number of hydrogen-bond donors (Lipinski definition) is 4. The molecule has 0 unspecified atom stereocenters. The van der Waals surface area contributed by atoms with E-state index in [1.165, 1.54) is 29.0 Å². The van der Waals surface area contributed by atoms with Crippen molar-refractivity contribution in [2.75, 3.05) is 24.3 Å². The Morgan fingerprint density at radius 1 is 1.23 bits per heavy atom. The van der Waals surface area contributed by atoms with Crippen molar-refractivity contribution in [2.24, 2.45) is 0 Å². The largest absolute Gasteiger partial charge is 0.462 e. The van der Waals surface area contributed by atoms with E-state index in [4.69, 9.17) is 24.3 Å². The molecule has 4 rings (SSSR count). The molecule has 14 nitrogen and oxygen atoms in total. The number of carbonyl (C=O) groups excluding carboxylic acids is 1. The molecule has 0 amide bonds. The van der Waals surface area contributed by atoms with Gasteiger partial charge in [-0.25, -0.2) is 19.5 Å². The summed E-state index contributed by atoms with van der Waals surface area (Å²) in [4.78, 5) is 25.0. The highest BCUT2D eigenvalue weighted by Crippen LogP contribution is 2.46. The highest BCUT2D eigenvalue weighted by Gasteiger charge is 2.46. The monoisotopic (exact) mass is 596 g/mol. The normalized spacial score (nSPS) is 23.2. The quantitative estimate of drug-likeness (QED) is 0.165. The van der Waals surface area contributed by atoms with Crippen LogP contribution in [-0.2, 0) is 23.4 Å². The molecule has 1 aromatic carbocycles. The number of nitrogen functional groups attached to an aromatic ring is 1. The predicted octanol–water partition coefficient (Wildman–Crippen LogP) is 1.89. The molecular weight excluding hydrogens is 563 g/mol. The van der Waals surface area contributed by atoms with Crippen molar-refractivity contribution in [3.63, 3.8) is 0 Å². The molecule has 16 heteroatoms. The zero-order chi connectivity index (χ0) is 28.9. The minimum Gasteiger partial charge on any atom is -0.462 e. The zero-order valence-electron chi connectivity index (χ0n) is 22.2. The van der Waals surface area contributed by atoms with Crippen LogP contribution in [0.15, 0.2) is 43.0 Å². The van der Waals surface area contributed by atoms with Crippen LogP contribution in [0.4, 0.5) is 5.82 Å². The van der Waals surface area contributed by atoms with Gasteiger partial charge >= 0.3 is 13.7 Å². The van der Waals surface area contributed by atoms with Crippen LogP contribution in [0.25, 0.3) is 11.2 Å². The maximum atomic E-state index is 14.0. The number of anilines is 1. The van der Waals surface area contributed by atoms with Gasteiger partial charge in [0.25, 0.3) is 0 Å². The molecule has 2 aromatic heterocycles. The maximum Gasteiger partial charge on any atom is 0.459 e. The van der Waals surface area contributed by atoms with Gasteiger partial charge in [-0.05, 0) is 44.4 Å². The van der Waals surface area contributed by atoms with Crippen molar-refractivity contribution in [1.82, 2.24) is 24.6 Å². The molecule has 1 saturated heterocycles. The Hall–Kier alpha value is -2.78. The molecule has 6 atom stereocenters. The van der Waals surface area contributed by atoms with Crippen molar-refractivity contribution < 1.29 is 38.1 Å². The van der Waals surface area contributed by atoms with Gasteiger partial charge in [0.15, 0.2) is 17.7 Å². The number of para-hydroxylation sites is 1. The molecule has 218 valence electrons. The van der Waals surface area contributed by atoms with E-state index in [2.05, 4.69) is 20.0 Å². The summed E-state index contributed by atoms with van der Waals surface area (Å²) in [7, 11) is -4.25. The lowest BCUT2D eigenvalue weighted by Crippen LogP contribution is -2.40. The summed E-state index contributed by atoms with van der Waals surface area (Å²) >= 11 is 1.51. The molecule has 0 spiro atoms. The van der Waals surface area contributed by atoms with Gasteiger partial charge in [0, 0.05) is 0 Å². The third-order valence-corrected chi connectivity index (χ3v) is 8.15. The molecule has 3 heterocycles. The number of nitrogens with one attached hydrogen (secondary N) is 1. The van der Waals surface area contributed by atoms with Gasteiger partial charge in [0.1, 0.15) is 41.9 Å². The minimum absolute atomic E-state index is 0.147. The lowest BCUT2D eigenvalue weighted by Gasteiger charge is -2.26. The molecule has 0 bridgehead atoms. The first-order valence-corrected chi connectivity index (χ1v) is 15.5. The van der Waals surface area contributed by atoms with Crippen molar-refractivity contribution >= 4 is 42.5 Å². The van der Waals surface area contributed by atoms with E-state index in [1.807, 2.05) is 6.26 Å². The van der Waals surface area contributed by atoms with E-state index < -0.39 is 50.9 Å². The van der Waals surface area contributed by atoms with Crippen LogP contribution in [0.5, 0.6) is 5.75 Å². The van der Waals surface area contributed by atoms with Crippen LogP contribution in [0.2, 0.25) is 0 Å².